The molecular formula is C24H21NO3S. The van der Waals surface area contributed by atoms with Crippen LogP contribution in [0.25, 0.3) is 11.1 Å². The Morgan fingerprint density at radius 3 is 2.14 bits per heavy atom. The molecule has 0 radical (unpaired) electrons. The number of fused-ring (bicyclic) bond motifs is 3. The van der Waals surface area contributed by atoms with Gasteiger partial charge in [0.25, 0.3) is 5.69 Å². The van der Waals surface area contributed by atoms with Gasteiger partial charge in [-0.3, -0.25) is 14.9 Å². The van der Waals surface area contributed by atoms with E-state index in [1.165, 1.54) is 34.4 Å². The summed E-state index contributed by atoms with van der Waals surface area (Å²) in [5.74, 6) is 0.161. The fourth-order valence-corrected chi connectivity index (χ4v) is 4.79. The highest BCUT2D eigenvalue weighted by molar-refractivity contribution is 7.99. The molecule has 0 spiro atoms. The van der Waals surface area contributed by atoms with Gasteiger partial charge in [-0.1, -0.05) is 50.7 Å². The highest BCUT2D eigenvalue weighted by Gasteiger charge is 2.36. The van der Waals surface area contributed by atoms with Gasteiger partial charge in [0.2, 0.25) is 0 Å². The average molecular weight is 404 g/mol. The Hall–Kier alpha value is -2.92. The van der Waals surface area contributed by atoms with Crippen LogP contribution in [0.5, 0.6) is 0 Å². The summed E-state index contributed by atoms with van der Waals surface area (Å²) in [5.41, 5.74) is 5.48. The first-order valence-electron chi connectivity index (χ1n) is 9.56. The molecule has 146 valence electrons. The van der Waals surface area contributed by atoms with Crippen LogP contribution in [0.3, 0.4) is 0 Å². The Balaban J connectivity index is 1.68. The van der Waals surface area contributed by atoms with Crippen LogP contribution in [-0.4, -0.2) is 10.7 Å². The SMILES string of the molecule is CCC(=O)c1ccc2c(c1)C(C)(C)c1cc(Sc3ccc([N+](=O)[O-])cc3)ccc1-2. The van der Waals surface area contributed by atoms with E-state index in [1.54, 1.807) is 23.9 Å². The van der Waals surface area contributed by atoms with Gasteiger partial charge in [0.05, 0.1) is 4.92 Å². The summed E-state index contributed by atoms with van der Waals surface area (Å²) in [6, 6.07) is 19.1. The number of nitrogens with zero attached hydrogens (tertiary/aromatic N) is 1. The molecule has 3 aromatic rings. The van der Waals surface area contributed by atoms with Crippen molar-refractivity contribution < 1.29 is 9.72 Å². The summed E-state index contributed by atoms with van der Waals surface area (Å²) in [7, 11) is 0. The molecule has 0 fully saturated rings. The number of nitro groups is 1. The standard InChI is InChI=1S/C24H21NO3S/c1-4-23(26)15-5-11-19-20-12-10-18(14-22(20)24(2,3)21(19)13-15)29-17-8-6-16(7-9-17)25(27)28/h5-14H,4H2,1-3H3. The first-order chi connectivity index (χ1) is 13.8. The van der Waals surface area contributed by atoms with Gasteiger partial charge >= 0.3 is 0 Å². The van der Waals surface area contributed by atoms with Crippen molar-refractivity contribution in [2.75, 3.05) is 0 Å². The Labute approximate surface area is 174 Å². The second-order valence-electron chi connectivity index (χ2n) is 7.72. The molecule has 0 saturated carbocycles. The molecular weight excluding hydrogens is 382 g/mol. The number of non-ortho nitro benzene ring substituents is 1. The lowest BCUT2D eigenvalue weighted by atomic mass is 9.82. The quantitative estimate of drug-likeness (QED) is 0.272. The number of Topliss-reactive ketones (excluding diaryl/α,β-unsaturated/α-hetero) is 1. The first kappa shape index (κ1) is 19.4. The second kappa shape index (κ2) is 7.16. The van der Waals surface area contributed by atoms with E-state index in [1.807, 2.05) is 19.1 Å². The minimum atomic E-state index is -0.388. The van der Waals surface area contributed by atoms with Gasteiger partial charge in [0, 0.05) is 39.3 Å². The van der Waals surface area contributed by atoms with Crippen LogP contribution in [0.15, 0.2) is 70.5 Å². The van der Waals surface area contributed by atoms with Gasteiger partial charge in [-0.2, -0.15) is 0 Å². The van der Waals surface area contributed by atoms with Crippen LogP contribution in [-0.2, 0) is 5.41 Å². The number of benzene rings is 3. The van der Waals surface area contributed by atoms with Crippen molar-refractivity contribution in [1.82, 2.24) is 0 Å². The van der Waals surface area contributed by atoms with E-state index in [0.29, 0.717) is 6.42 Å². The Morgan fingerprint density at radius 2 is 1.52 bits per heavy atom. The van der Waals surface area contributed by atoms with Gasteiger partial charge in [0.15, 0.2) is 5.78 Å². The van der Waals surface area contributed by atoms with E-state index in [9.17, 15) is 14.9 Å². The minimum absolute atomic E-state index is 0.0947. The molecule has 0 aliphatic heterocycles. The van der Waals surface area contributed by atoms with Crippen LogP contribution < -0.4 is 0 Å². The zero-order chi connectivity index (χ0) is 20.8. The van der Waals surface area contributed by atoms with E-state index in [2.05, 4.69) is 38.1 Å². The molecule has 5 heteroatoms. The molecule has 0 saturated heterocycles. The number of hydrogen-bond acceptors (Lipinski definition) is 4. The third-order valence-corrected chi connectivity index (χ3v) is 6.57. The third-order valence-electron chi connectivity index (χ3n) is 5.57. The van der Waals surface area contributed by atoms with Gasteiger partial charge in [-0.25, -0.2) is 0 Å². The Bertz CT molecular complexity index is 1130. The molecule has 0 N–H and O–H groups in total. The van der Waals surface area contributed by atoms with Crippen molar-refractivity contribution >= 4 is 23.2 Å². The lowest BCUT2D eigenvalue weighted by Crippen LogP contribution is -2.15. The molecule has 1 aliphatic rings. The fraction of sp³-hybridized carbons (Fsp3) is 0.208. The second-order valence-corrected chi connectivity index (χ2v) is 8.87. The lowest BCUT2D eigenvalue weighted by Gasteiger charge is -2.22. The Morgan fingerprint density at radius 1 is 0.931 bits per heavy atom. The zero-order valence-corrected chi connectivity index (χ0v) is 17.4. The van der Waals surface area contributed by atoms with Crippen molar-refractivity contribution in [2.24, 2.45) is 0 Å². The van der Waals surface area contributed by atoms with E-state index in [-0.39, 0.29) is 21.8 Å². The minimum Gasteiger partial charge on any atom is -0.294 e. The Kier molecular flexibility index (Phi) is 4.79. The van der Waals surface area contributed by atoms with Crippen LogP contribution in [0, 0.1) is 10.1 Å². The number of carbonyl (C=O) groups is 1. The summed E-state index contributed by atoms with van der Waals surface area (Å²) in [4.78, 5) is 24.7. The van der Waals surface area contributed by atoms with Gasteiger partial charge < -0.3 is 0 Å². The third kappa shape index (κ3) is 3.36. The van der Waals surface area contributed by atoms with E-state index in [0.717, 1.165) is 15.4 Å². The average Bonchev–Trinajstić information content (AvgIpc) is 2.94. The molecule has 4 nitrogen and oxygen atoms in total. The van der Waals surface area contributed by atoms with E-state index < -0.39 is 0 Å². The zero-order valence-electron chi connectivity index (χ0n) is 16.6. The highest BCUT2D eigenvalue weighted by atomic mass is 32.2. The molecule has 3 aromatic carbocycles. The summed E-state index contributed by atoms with van der Waals surface area (Å²) >= 11 is 1.59. The van der Waals surface area contributed by atoms with Crippen molar-refractivity contribution in [1.29, 1.82) is 0 Å². The summed E-state index contributed by atoms with van der Waals surface area (Å²) in [5, 5.41) is 10.8. The molecule has 0 unspecified atom stereocenters. The summed E-state index contributed by atoms with van der Waals surface area (Å²) < 4.78 is 0. The monoisotopic (exact) mass is 403 g/mol. The predicted octanol–water partition coefficient (Wildman–Crippen LogP) is 6.65. The van der Waals surface area contributed by atoms with E-state index in [4.69, 9.17) is 0 Å². The number of nitro benzene ring substituents is 1. The van der Waals surface area contributed by atoms with Gasteiger partial charge in [-0.15, -0.1) is 0 Å². The lowest BCUT2D eigenvalue weighted by molar-refractivity contribution is -0.384. The molecule has 1 aliphatic carbocycles. The number of hydrogen-bond donors (Lipinski definition) is 0. The molecule has 0 heterocycles. The van der Waals surface area contributed by atoms with Crippen molar-refractivity contribution in [2.45, 2.75) is 42.4 Å². The molecule has 0 atom stereocenters. The van der Waals surface area contributed by atoms with Crippen LogP contribution >= 0.6 is 11.8 Å². The van der Waals surface area contributed by atoms with Gasteiger partial charge in [0.1, 0.15) is 0 Å². The van der Waals surface area contributed by atoms with Crippen molar-refractivity contribution in [3.05, 3.63) is 87.5 Å². The molecule has 0 bridgehead atoms. The largest absolute Gasteiger partial charge is 0.294 e. The van der Waals surface area contributed by atoms with Gasteiger partial charge in [-0.05, 0) is 52.6 Å². The maximum Gasteiger partial charge on any atom is 0.269 e. The van der Waals surface area contributed by atoms with Crippen molar-refractivity contribution in [3.63, 3.8) is 0 Å². The molecule has 4 rings (SSSR count). The molecule has 0 amide bonds. The fourth-order valence-electron chi connectivity index (χ4n) is 3.93. The highest BCUT2D eigenvalue weighted by Crippen LogP contribution is 2.50. The smallest absolute Gasteiger partial charge is 0.269 e. The van der Waals surface area contributed by atoms with E-state index >= 15 is 0 Å². The topological polar surface area (TPSA) is 60.2 Å². The first-order valence-corrected chi connectivity index (χ1v) is 10.4. The maximum atomic E-state index is 12.2. The molecule has 0 aromatic heterocycles. The number of ketones is 1. The summed E-state index contributed by atoms with van der Waals surface area (Å²) in [6.07, 6.45) is 0.502. The van der Waals surface area contributed by atoms with Crippen LogP contribution in [0.4, 0.5) is 5.69 Å². The number of carbonyl (C=O) groups excluding carboxylic acids is 1. The summed E-state index contributed by atoms with van der Waals surface area (Å²) in [6.45, 7) is 6.27. The maximum absolute atomic E-state index is 12.2. The van der Waals surface area contributed by atoms with Crippen LogP contribution in [0.1, 0.15) is 48.7 Å². The normalized spacial score (nSPS) is 13.6. The number of rotatable bonds is 5. The van der Waals surface area contributed by atoms with Crippen LogP contribution in [0.2, 0.25) is 0 Å². The predicted molar refractivity (Wildman–Crippen MR) is 116 cm³/mol. The van der Waals surface area contributed by atoms with Crippen molar-refractivity contribution in [3.8, 4) is 11.1 Å². The molecule has 29 heavy (non-hydrogen) atoms.